The van der Waals surface area contributed by atoms with Crippen molar-refractivity contribution in [1.82, 2.24) is 0 Å². The third-order valence-electron chi connectivity index (χ3n) is 0.542. The molecule has 0 radical (unpaired) electrons. The molecule has 0 aromatic heterocycles. The molecule has 0 rings (SSSR count). The summed E-state index contributed by atoms with van der Waals surface area (Å²) in [7, 11) is 0. The van der Waals surface area contributed by atoms with Crippen LogP contribution in [0.2, 0.25) is 0 Å². The average molecular weight is 116 g/mol. The third-order valence-corrected chi connectivity index (χ3v) is 0.875. The molecule has 0 aliphatic heterocycles. The highest BCUT2D eigenvalue weighted by atomic mass is 35.5. The lowest BCUT2D eigenvalue weighted by Crippen LogP contribution is -1.86. The lowest BCUT2D eigenvalue weighted by Gasteiger charge is -1.88. The maximum absolute atomic E-state index is 7.99. The molecular formula is C5H6ClN. The van der Waals surface area contributed by atoms with E-state index in [-0.39, 0.29) is 5.38 Å². The van der Waals surface area contributed by atoms with Crippen LogP contribution in [0.5, 0.6) is 0 Å². The predicted octanol–water partition coefficient (Wildman–Crippen LogP) is 1.69. The Bertz CT molecular complexity index is 92.7. The molecule has 0 saturated heterocycles. The smallest absolute Gasteiger partial charge is 0.0643 e. The van der Waals surface area contributed by atoms with E-state index in [4.69, 9.17) is 16.9 Å². The van der Waals surface area contributed by atoms with Crippen LogP contribution >= 0.6 is 11.6 Å². The van der Waals surface area contributed by atoms with Gasteiger partial charge in [-0.1, -0.05) is 6.08 Å². The Morgan fingerprint density at radius 2 is 2.57 bits per heavy atom. The van der Waals surface area contributed by atoms with E-state index in [1.165, 1.54) is 0 Å². The number of allylic oxidation sites excluding steroid dienone is 1. The van der Waals surface area contributed by atoms with Crippen LogP contribution in [0.1, 0.15) is 6.42 Å². The lowest BCUT2D eigenvalue weighted by molar-refractivity contribution is 1.07. The van der Waals surface area contributed by atoms with E-state index < -0.39 is 0 Å². The van der Waals surface area contributed by atoms with E-state index in [0.29, 0.717) is 6.42 Å². The molecule has 0 aliphatic rings. The van der Waals surface area contributed by atoms with Crippen LogP contribution in [0.3, 0.4) is 0 Å². The van der Waals surface area contributed by atoms with Crippen molar-refractivity contribution in [3.63, 3.8) is 0 Å². The zero-order chi connectivity index (χ0) is 5.70. The standard InChI is InChI=1S/C5H6ClN/c1-2-5(6)3-4-7/h2,5H,1,3H2. The van der Waals surface area contributed by atoms with Crippen molar-refractivity contribution >= 4 is 11.6 Å². The highest BCUT2D eigenvalue weighted by Gasteiger charge is 1.92. The largest absolute Gasteiger partial charge is 0.198 e. The first-order valence-corrected chi connectivity index (χ1v) is 2.38. The van der Waals surface area contributed by atoms with Crippen molar-refractivity contribution in [3.8, 4) is 6.07 Å². The van der Waals surface area contributed by atoms with E-state index in [1.54, 1.807) is 6.08 Å². The van der Waals surface area contributed by atoms with Gasteiger partial charge in [-0.25, -0.2) is 0 Å². The summed E-state index contributed by atoms with van der Waals surface area (Å²) in [5.41, 5.74) is 0. The molecule has 7 heavy (non-hydrogen) atoms. The summed E-state index contributed by atoms with van der Waals surface area (Å²) in [6.07, 6.45) is 1.90. The summed E-state index contributed by atoms with van der Waals surface area (Å²) in [6.45, 7) is 3.40. The molecule has 0 saturated carbocycles. The van der Waals surface area contributed by atoms with Gasteiger partial charge in [0.15, 0.2) is 0 Å². The van der Waals surface area contributed by atoms with Gasteiger partial charge in [0.05, 0.1) is 17.9 Å². The van der Waals surface area contributed by atoms with E-state index in [0.717, 1.165) is 0 Å². The molecule has 0 fully saturated rings. The van der Waals surface area contributed by atoms with E-state index >= 15 is 0 Å². The summed E-state index contributed by atoms with van der Waals surface area (Å²) in [4.78, 5) is 0. The second kappa shape index (κ2) is 3.70. The van der Waals surface area contributed by atoms with Crippen LogP contribution < -0.4 is 0 Å². The quantitative estimate of drug-likeness (QED) is 0.397. The van der Waals surface area contributed by atoms with Crippen molar-refractivity contribution < 1.29 is 0 Å². The molecule has 0 amide bonds. The Morgan fingerprint density at radius 1 is 2.00 bits per heavy atom. The minimum absolute atomic E-state index is 0.176. The first kappa shape index (κ1) is 6.52. The Balaban J connectivity index is 3.21. The molecule has 0 bridgehead atoms. The first-order valence-electron chi connectivity index (χ1n) is 1.95. The zero-order valence-corrected chi connectivity index (χ0v) is 4.65. The second-order valence-electron chi connectivity index (χ2n) is 1.11. The minimum atomic E-state index is -0.176. The molecule has 38 valence electrons. The number of nitrogens with zero attached hydrogens (tertiary/aromatic N) is 1. The summed E-state index contributed by atoms with van der Waals surface area (Å²) >= 11 is 5.42. The molecule has 1 nitrogen and oxygen atoms in total. The van der Waals surface area contributed by atoms with Gasteiger partial charge in [-0.15, -0.1) is 18.2 Å². The Hall–Kier alpha value is -0.480. The van der Waals surface area contributed by atoms with Crippen LogP contribution in [0.15, 0.2) is 12.7 Å². The Kier molecular flexibility index (Phi) is 3.45. The van der Waals surface area contributed by atoms with Gasteiger partial charge in [-0.05, 0) is 0 Å². The minimum Gasteiger partial charge on any atom is -0.198 e. The third kappa shape index (κ3) is 3.35. The molecule has 1 unspecified atom stereocenters. The molecule has 0 aromatic rings. The van der Waals surface area contributed by atoms with Gasteiger partial charge in [-0.2, -0.15) is 5.26 Å². The van der Waals surface area contributed by atoms with Crippen LogP contribution in [0, 0.1) is 11.3 Å². The molecule has 1 atom stereocenters. The normalized spacial score (nSPS) is 12.0. The summed E-state index contributed by atoms with van der Waals surface area (Å²) in [5.74, 6) is 0. The van der Waals surface area contributed by atoms with Gasteiger partial charge >= 0.3 is 0 Å². The van der Waals surface area contributed by atoms with Gasteiger partial charge < -0.3 is 0 Å². The topological polar surface area (TPSA) is 23.8 Å². The molecule has 2 heteroatoms. The van der Waals surface area contributed by atoms with Crippen LogP contribution in [-0.2, 0) is 0 Å². The summed E-state index contributed by atoms with van der Waals surface area (Å²) in [6, 6.07) is 1.92. The number of halogens is 1. The lowest BCUT2D eigenvalue weighted by atomic mass is 10.3. The van der Waals surface area contributed by atoms with Gasteiger partial charge in [0.1, 0.15) is 0 Å². The molecular weight excluding hydrogens is 110 g/mol. The number of rotatable bonds is 2. The van der Waals surface area contributed by atoms with Gasteiger partial charge in [0, 0.05) is 0 Å². The summed E-state index contributed by atoms with van der Waals surface area (Å²) in [5, 5.41) is 7.81. The van der Waals surface area contributed by atoms with Gasteiger partial charge in [0.2, 0.25) is 0 Å². The van der Waals surface area contributed by atoms with E-state index in [1.807, 2.05) is 6.07 Å². The SMILES string of the molecule is C=CC(Cl)CC#N. The fraction of sp³-hybridized carbons (Fsp3) is 0.400. The average Bonchev–Trinajstić information content (AvgIpc) is 1.68. The molecule has 0 aromatic carbocycles. The second-order valence-corrected chi connectivity index (χ2v) is 1.67. The highest BCUT2D eigenvalue weighted by molar-refractivity contribution is 6.21. The number of hydrogen-bond donors (Lipinski definition) is 0. The molecule has 0 N–H and O–H groups in total. The number of alkyl halides is 1. The fourth-order valence-corrected chi connectivity index (χ4v) is 0.240. The van der Waals surface area contributed by atoms with Crippen LogP contribution in [-0.4, -0.2) is 5.38 Å². The highest BCUT2D eigenvalue weighted by Crippen LogP contribution is 1.99. The Morgan fingerprint density at radius 3 is 2.71 bits per heavy atom. The van der Waals surface area contributed by atoms with Crippen LogP contribution in [0.4, 0.5) is 0 Å². The molecule has 0 spiro atoms. The van der Waals surface area contributed by atoms with Gasteiger partial charge in [0.25, 0.3) is 0 Å². The maximum Gasteiger partial charge on any atom is 0.0643 e. The van der Waals surface area contributed by atoms with Crippen molar-refractivity contribution in [2.24, 2.45) is 0 Å². The predicted molar refractivity (Wildman–Crippen MR) is 30.1 cm³/mol. The van der Waals surface area contributed by atoms with Crippen molar-refractivity contribution in [1.29, 1.82) is 5.26 Å². The molecule has 0 heterocycles. The van der Waals surface area contributed by atoms with Crippen molar-refractivity contribution in [2.45, 2.75) is 11.8 Å². The zero-order valence-electron chi connectivity index (χ0n) is 3.89. The van der Waals surface area contributed by atoms with Crippen LogP contribution in [0.25, 0.3) is 0 Å². The van der Waals surface area contributed by atoms with E-state index in [2.05, 4.69) is 6.58 Å². The summed E-state index contributed by atoms with van der Waals surface area (Å²) < 4.78 is 0. The Labute approximate surface area is 48.2 Å². The van der Waals surface area contributed by atoms with E-state index in [9.17, 15) is 0 Å². The van der Waals surface area contributed by atoms with Gasteiger partial charge in [-0.3, -0.25) is 0 Å². The number of nitriles is 1. The molecule has 0 aliphatic carbocycles. The number of hydrogen-bond acceptors (Lipinski definition) is 1. The first-order chi connectivity index (χ1) is 3.31. The van der Waals surface area contributed by atoms with Crippen molar-refractivity contribution in [2.75, 3.05) is 0 Å². The maximum atomic E-state index is 7.99. The van der Waals surface area contributed by atoms with Crippen molar-refractivity contribution in [3.05, 3.63) is 12.7 Å². The monoisotopic (exact) mass is 115 g/mol. The fourth-order valence-electron chi connectivity index (χ4n) is 0.171.